The van der Waals surface area contributed by atoms with Gasteiger partial charge in [0.05, 0.1) is 0 Å². The van der Waals surface area contributed by atoms with Crippen LogP contribution in [-0.4, -0.2) is 54.5 Å². The van der Waals surface area contributed by atoms with E-state index in [1.165, 1.54) is 25.7 Å². The molecule has 0 spiro atoms. The zero-order valence-corrected chi connectivity index (χ0v) is 12.4. The largest absolute Gasteiger partial charge is 0.340 e. The molecular weight excluding hydrogens is 262 g/mol. The second-order valence-corrected chi connectivity index (χ2v) is 6.20. The average Bonchev–Trinajstić information content (AvgIpc) is 3.01. The van der Waals surface area contributed by atoms with Gasteiger partial charge in [0, 0.05) is 45.2 Å². The van der Waals surface area contributed by atoms with Crippen LogP contribution in [0.25, 0.3) is 0 Å². The van der Waals surface area contributed by atoms with Crippen LogP contribution in [0.5, 0.6) is 0 Å². The normalized spacial score (nSPS) is 34.4. The van der Waals surface area contributed by atoms with Gasteiger partial charge in [-0.25, -0.2) is 0 Å². The molecule has 2 saturated carbocycles. The van der Waals surface area contributed by atoms with Crippen LogP contribution in [0.4, 0.5) is 0 Å². The maximum atomic E-state index is 11.8. The van der Waals surface area contributed by atoms with Crippen LogP contribution >= 0.6 is 12.4 Å². The molecule has 0 radical (unpaired) electrons. The van der Waals surface area contributed by atoms with Crippen molar-refractivity contribution in [2.75, 3.05) is 32.7 Å². The van der Waals surface area contributed by atoms with Gasteiger partial charge >= 0.3 is 0 Å². The Kier molecular flexibility index (Phi) is 5.09. The van der Waals surface area contributed by atoms with Crippen molar-refractivity contribution in [2.24, 2.45) is 17.6 Å². The second-order valence-electron chi connectivity index (χ2n) is 6.20. The number of amides is 1. The number of nitrogens with zero attached hydrogens (tertiary/aromatic N) is 2. The molecule has 2 N–H and O–H groups in total. The maximum Gasteiger partial charge on any atom is 0.223 e. The van der Waals surface area contributed by atoms with Gasteiger partial charge in [0.15, 0.2) is 0 Å². The molecule has 0 aromatic rings. The predicted molar refractivity (Wildman–Crippen MR) is 78.3 cm³/mol. The minimum absolute atomic E-state index is 0. The molecular formula is C14H26ClN3O. The second kappa shape index (κ2) is 6.42. The van der Waals surface area contributed by atoms with Crippen molar-refractivity contribution in [1.82, 2.24) is 9.80 Å². The van der Waals surface area contributed by atoms with Crippen LogP contribution in [0, 0.1) is 11.8 Å². The third-order valence-electron chi connectivity index (χ3n) is 5.19. The van der Waals surface area contributed by atoms with Crippen molar-refractivity contribution in [3.05, 3.63) is 0 Å². The quantitative estimate of drug-likeness (QED) is 0.845. The molecule has 5 heteroatoms. The van der Waals surface area contributed by atoms with Gasteiger partial charge in [-0.2, -0.15) is 0 Å². The monoisotopic (exact) mass is 287 g/mol. The summed E-state index contributed by atoms with van der Waals surface area (Å²) in [7, 11) is 0. The van der Waals surface area contributed by atoms with Crippen molar-refractivity contribution in [1.29, 1.82) is 0 Å². The van der Waals surface area contributed by atoms with E-state index >= 15 is 0 Å². The van der Waals surface area contributed by atoms with E-state index in [0.29, 0.717) is 13.0 Å². The van der Waals surface area contributed by atoms with Gasteiger partial charge in [-0.1, -0.05) is 6.42 Å². The van der Waals surface area contributed by atoms with E-state index in [-0.39, 0.29) is 18.3 Å². The summed E-state index contributed by atoms with van der Waals surface area (Å²) in [5.74, 6) is 2.21. The van der Waals surface area contributed by atoms with Crippen molar-refractivity contribution >= 4 is 18.3 Å². The zero-order chi connectivity index (χ0) is 12.5. The molecule has 0 aromatic heterocycles. The minimum atomic E-state index is 0. The van der Waals surface area contributed by atoms with E-state index < -0.39 is 0 Å². The fraction of sp³-hybridized carbons (Fsp3) is 0.929. The highest BCUT2D eigenvalue weighted by Crippen LogP contribution is 2.46. The predicted octanol–water partition coefficient (Wildman–Crippen LogP) is 1.09. The number of carbonyl (C=O) groups is 1. The Bertz CT molecular complexity index is 318. The number of piperazine rings is 1. The Morgan fingerprint density at radius 1 is 1.11 bits per heavy atom. The van der Waals surface area contributed by atoms with Crippen molar-refractivity contribution in [2.45, 2.75) is 38.1 Å². The SMILES string of the molecule is Cl.NCCC(=O)N1CCN(C2CC3CCC2C3)CC1. The minimum Gasteiger partial charge on any atom is -0.340 e. The van der Waals surface area contributed by atoms with Crippen molar-refractivity contribution < 1.29 is 4.79 Å². The first kappa shape index (κ1) is 15.1. The Balaban J connectivity index is 0.00000133. The summed E-state index contributed by atoms with van der Waals surface area (Å²) in [5, 5.41) is 0. The molecule has 0 aromatic carbocycles. The molecule has 19 heavy (non-hydrogen) atoms. The topological polar surface area (TPSA) is 49.6 Å². The van der Waals surface area contributed by atoms with Gasteiger partial charge in [-0.3, -0.25) is 9.69 Å². The highest BCUT2D eigenvalue weighted by Gasteiger charge is 2.42. The molecule has 2 bridgehead atoms. The molecule has 2 aliphatic carbocycles. The Morgan fingerprint density at radius 2 is 1.84 bits per heavy atom. The first-order valence-electron chi connectivity index (χ1n) is 7.50. The molecule has 1 heterocycles. The summed E-state index contributed by atoms with van der Waals surface area (Å²) in [6, 6.07) is 0.829. The molecule has 3 fully saturated rings. The molecule has 3 rings (SSSR count). The van der Waals surface area contributed by atoms with Gasteiger partial charge in [0.2, 0.25) is 5.91 Å². The third-order valence-corrected chi connectivity index (χ3v) is 5.19. The molecule has 1 saturated heterocycles. The maximum absolute atomic E-state index is 11.8. The van der Waals surface area contributed by atoms with Crippen LogP contribution in [0.2, 0.25) is 0 Å². The number of halogens is 1. The molecule has 3 unspecified atom stereocenters. The van der Waals surface area contributed by atoms with Crippen LogP contribution < -0.4 is 5.73 Å². The van der Waals surface area contributed by atoms with Gasteiger partial charge in [-0.15, -0.1) is 12.4 Å². The van der Waals surface area contributed by atoms with E-state index in [1.54, 1.807) is 0 Å². The lowest BCUT2D eigenvalue weighted by Crippen LogP contribution is -2.53. The number of carbonyl (C=O) groups excluding carboxylic acids is 1. The Hall–Kier alpha value is -0.320. The highest BCUT2D eigenvalue weighted by molar-refractivity contribution is 5.85. The van der Waals surface area contributed by atoms with Crippen molar-refractivity contribution in [3.8, 4) is 0 Å². The molecule has 1 aliphatic heterocycles. The van der Waals surface area contributed by atoms with Gasteiger partial charge in [0.1, 0.15) is 0 Å². The average molecular weight is 288 g/mol. The standard InChI is InChI=1S/C14H25N3O.ClH/c15-4-3-14(18)17-7-5-16(6-8-17)13-10-11-1-2-12(13)9-11;/h11-13H,1-10,15H2;1H. The number of nitrogens with two attached hydrogens (primary N) is 1. The first-order chi connectivity index (χ1) is 8.78. The smallest absolute Gasteiger partial charge is 0.223 e. The van der Waals surface area contributed by atoms with Gasteiger partial charge in [0.25, 0.3) is 0 Å². The van der Waals surface area contributed by atoms with E-state index in [9.17, 15) is 4.79 Å². The molecule has 4 nitrogen and oxygen atoms in total. The Morgan fingerprint density at radius 3 is 2.37 bits per heavy atom. The van der Waals surface area contributed by atoms with E-state index in [4.69, 9.17) is 5.73 Å². The fourth-order valence-electron chi connectivity index (χ4n) is 4.24. The summed E-state index contributed by atoms with van der Waals surface area (Å²) in [6.45, 7) is 4.44. The van der Waals surface area contributed by atoms with Crippen LogP contribution in [-0.2, 0) is 4.79 Å². The molecule has 3 aliphatic rings. The lowest BCUT2D eigenvalue weighted by Gasteiger charge is -2.41. The molecule has 1 amide bonds. The summed E-state index contributed by atoms with van der Waals surface area (Å²) < 4.78 is 0. The summed E-state index contributed by atoms with van der Waals surface area (Å²) in [4.78, 5) is 16.4. The lowest BCUT2D eigenvalue weighted by atomic mass is 9.93. The molecule has 3 atom stereocenters. The van der Waals surface area contributed by atoms with E-state index in [2.05, 4.69) is 4.90 Å². The summed E-state index contributed by atoms with van der Waals surface area (Å²) >= 11 is 0. The van der Waals surface area contributed by atoms with Crippen molar-refractivity contribution in [3.63, 3.8) is 0 Å². The number of fused-ring (bicyclic) bond motifs is 2. The summed E-state index contributed by atoms with van der Waals surface area (Å²) in [6.07, 6.45) is 6.31. The first-order valence-corrected chi connectivity index (χ1v) is 7.50. The van der Waals surface area contributed by atoms with Crippen LogP contribution in [0.15, 0.2) is 0 Å². The number of hydrogen-bond acceptors (Lipinski definition) is 3. The third kappa shape index (κ3) is 3.06. The number of hydrogen-bond donors (Lipinski definition) is 1. The van der Waals surface area contributed by atoms with Gasteiger partial charge < -0.3 is 10.6 Å². The number of rotatable bonds is 3. The van der Waals surface area contributed by atoms with E-state index in [0.717, 1.165) is 44.1 Å². The fourth-order valence-corrected chi connectivity index (χ4v) is 4.24. The molecule has 110 valence electrons. The Labute approximate surface area is 122 Å². The highest BCUT2D eigenvalue weighted by atomic mass is 35.5. The zero-order valence-electron chi connectivity index (χ0n) is 11.6. The summed E-state index contributed by atoms with van der Waals surface area (Å²) in [5.41, 5.74) is 5.45. The van der Waals surface area contributed by atoms with Crippen LogP contribution in [0.1, 0.15) is 32.1 Å². The van der Waals surface area contributed by atoms with Crippen LogP contribution in [0.3, 0.4) is 0 Å². The lowest BCUT2D eigenvalue weighted by molar-refractivity contribution is -0.133. The van der Waals surface area contributed by atoms with E-state index in [1.807, 2.05) is 4.90 Å². The van der Waals surface area contributed by atoms with Gasteiger partial charge in [-0.05, 0) is 31.1 Å².